The van der Waals surface area contributed by atoms with Crippen molar-refractivity contribution in [2.45, 2.75) is 19.4 Å². The van der Waals surface area contributed by atoms with Gasteiger partial charge in [-0.25, -0.2) is 12.1 Å². The van der Waals surface area contributed by atoms with Crippen LogP contribution in [-0.2, 0) is 23.0 Å². The van der Waals surface area contributed by atoms with E-state index < -0.39 is 0 Å². The quantitative estimate of drug-likeness (QED) is 0.239. The zero-order chi connectivity index (χ0) is 14.6. The van der Waals surface area contributed by atoms with Crippen molar-refractivity contribution in [1.29, 1.82) is 0 Å². The molecule has 0 aliphatic heterocycles. The molecule has 0 fully saturated rings. The first-order chi connectivity index (χ1) is 9.74. The molecule has 0 spiro atoms. The monoisotopic (exact) mass is 536 g/mol. The Hall–Kier alpha value is 0.137. The third kappa shape index (κ3) is 11.7. The van der Waals surface area contributed by atoms with Crippen molar-refractivity contribution in [2.75, 3.05) is 0 Å². The predicted molar refractivity (Wildman–Crippen MR) is 88.3 cm³/mol. The molecule has 0 saturated heterocycles. The Balaban J connectivity index is 0. The molecule has 0 saturated carbocycles. The molecule has 0 aromatic heterocycles. The fraction of sp³-hybridized carbons (Fsp3) is 0.176. The maximum Gasteiger partial charge on any atom is -0.0809 e. The smallest absolute Gasteiger partial charge is 0.0809 e. The molecule has 3 aromatic carbocycles. The zero-order valence-corrected chi connectivity index (χ0v) is 19.3. The minimum Gasteiger partial charge on any atom is -1.00 e. The second kappa shape index (κ2) is 16.0. The maximum absolute atomic E-state index is 5.74. The van der Waals surface area contributed by atoms with Crippen LogP contribution in [0.1, 0.15) is 13.3 Å². The molecule has 0 heterocycles. The van der Waals surface area contributed by atoms with Crippen molar-refractivity contribution in [1.82, 2.24) is 0 Å². The van der Waals surface area contributed by atoms with Gasteiger partial charge >= 0.3 is 58.3 Å². The average Bonchev–Trinajstić information content (AvgIpc) is 3.14. The first kappa shape index (κ1) is 24.4. The van der Waals surface area contributed by atoms with E-state index in [9.17, 15) is 0 Å². The van der Waals surface area contributed by atoms with Gasteiger partial charge in [-0.2, -0.15) is 35.7 Å². The third-order valence-corrected chi connectivity index (χ3v) is 6.77. The van der Waals surface area contributed by atoms with E-state index in [1.807, 2.05) is 30.3 Å². The summed E-state index contributed by atoms with van der Waals surface area (Å²) in [5.41, 5.74) is 0. The van der Waals surface area contributed by atoms with Gasteiger partial charge in [-0.15, -0.1) is 29.7 Å². The average molecular weight is 536 g/mol. The van der Waals surface area contributed by atoms with E-state index in [-0.39, 0.29) is 29.6 Å². The van der Waals surface area contributed by atoms with Crippen LogP contribution in [0.3, 0.4) is 0 Å². The van der Waals surface area contributed by atoms with Crippen molar-refractivity contribution >= 4 is 26.7 Å². The Labute approximate surface area is 165 Å². The molecule has 0 aliphatic rings. The molecule has 0 N–H and O–H groups in total. The fourth-order valence-corrected chi connectivity index (χ4v) is 5.31. The molecule has 5 heteroatoms. The molecule has 22 heavy (non-hydrogen) atoms. The minimum absolute atomic E-state index is 0. The Kier molecular flexibility index (Phi) is 17.8. The summed E-state index contributed by atoms with van der Waals surface area (Å²) in [6, 6.07) is 26.0. The minimum atomic E-state index is -0.274. The van der Waals surface area contributed by atoms with Gasteiger partial charge in [0.25, 0.3) is 0 Å². The summed E-state index contributed by atoms with van der Waals surface area (Å²) in [6.07, 6.45) is 1.28. The molecule has 3 rings (SSSR count). The predicted octanol–water partition coefficient (Wildman–Crippen LogP) is -0.358. The molecule has 0 atom stereocenters. The Morgan fingerprint density at radius 3 is 2.05 bits per heavy atom. The van der Waals surface area contributed by atoms with Gasteiger partial charge in [0, 0.05) is 0 Å². The summed E-state index contributed by atoms with van der Waals surface area (Å²) in [5, 5.41) is 2.66. The number of benzene rings is 1. The Morgan fingerprint density at radius 1 is 1.00 bits per heavy atom. The number of hydrogen-bond acceptors (Lipinski definition) is 0. The van der Waals surface area contributed by atoms with Crippen molar-refractivity contribution < 1.29 is 47.8 Å². The van der Waals surface area contributed by atoms with Gasteiger partial charge in [0.15, 0.2) is 0 Å². The van der Waals surface area contributed by atoms with E-state index in [4.69, 9.17) is 11.1 Å². The van der Waals surface area contributed by atoms with E-state index >= 15 is 0 Å². The summed E-state index contributed by atoms with van der Waals surface area (Å²) < 4.78 is 0. The van der Waals surface area contributed by atoms with Gasteiger partial charge in [0.2, 0.25) is 0 Å². The normalized spacial score (nSPS) is 8.36. The molecule has 0 unspecified atom stereocenters. The molecule has 0 bridgehead atoms. The van der Waals surface area contributed by atoms with Crippen molar-refractivity contribution in [3.05, 3.63) is 72.8 Å². The number of hydrogen-bond donors (Lipinski definition) is 0. The number of rotatable bonds is 2. The van der Waals surface area contributed by atoms with Crippen LogP contribution in [0.2, 0.25) is 6.04 Å². The molecular formula is C17H19Cl3HfSi-2. The van der Waals surface area contributed by atoms with Crippen LogP contribution in [0, 0.1) is 0 Å². The first-order valence-corrected chi connectivity index (χ1v) is 14.8. The van der Waals surface area contributed by atoms with E-state index in [0.717, 1.165) is 0 Å². The number of halogens is 3. The second-order valence-electron chi connectivity index (χ2n) is 4.27. The Bertz CT molecular complexity index is 543. The van der Waals surface area contributed by atoms with Gasteiger partial charge in [0.1, 0.15) is 0 Å². The van der Waals surface area contributed by atoms with E-state index in [2.05, 4.69) is 49.4 Å². The van der Waals surface area contributed by atoms with Crippen LogP contribution < -0.4 is 24.8 Å². The van der Waals surface area contributed by atoms with Crippen LogP contribution in [-0.4, -0.2) is 4.80 Å². The summed E-state index contributed by atoms with van der Waals surface area (Å²) in [5.74, 6) is 0. The van der Waals surface area contributed by atoms with Crippen LogP contribution in [0.25, 0.3) is 10.8 Å². The van der Waals surface area contributed by atoms with E-state index in [1.54, 1.807) is 0 Å². The van der Waals surface area contributed by atoms with Crippen LogP contribution in [0.5, 0.6) is 0 Å². The van der Waals surface area contributed by atoms with Gasteiger partial charge in [0.05, 0.1) is 0 Å². The molecule has 0 amide bonds. The molecule has 0 aliphatic carbocycles. The van der Waals surface area contributed by atoms with Gasteiger partial charge in [-0.05, 0) is 0 Å². The molecule has 118 valence electrons. The molecule has 0 radical (unpaired) electrons. The van der Waals surface area contributed by atoms with Gasteiger partial charge in [-0.1, -0.05) is 6.07 Å². The topological polar surface area (TPSA) is 0 Å². The number of fused-ring (bicyclic) bond motifs is 1. The van der Waals surface area contributed by atoms with E-state index in [1.165, 1.54) is 46.2 Å². The zero-order valence-electron chi connectivity index (χ0n) is 12.5. The summed E-state index contributed by atoms with van der Waals surface area (Å²) in [4.78, 5) is -0.274. The molecule has 3 aromatic rings. The van der Waals surface area contributed by atoms with Crippen molar-refractivity contribution in [3.8, 4) is 0 Å². The second-order valence-corrected chi connectivity index (χ2v) is 16.9. The van der Waals surface area contributed by atoms with Crippen LogP contribution in [0.15, 0.2) is 72.8 Å². The first-order valence-electron chi connectivity index (χ1n) is 6.74. The fourth-order valence-electron chi connectivity index (χ4n) is 1.61. The van der Waals surface area contributed by atoms with Crippen molar-refractivity contribution in [2.24, 2.45) is 0 Å². The summed E-state index contributed by atoms with van der Waals surface area (Å²) in [6.45, 7) is 2.19. The maximum atomic E-state index is 5.74. The van der Waals surface area contributed by atoms with E-state index in [0.29, 0.717) is 0 Å². The van der Waals surface area contributed by atoms with Crippen molar-refractivity contribution in [3.63, 3.8) is 0 Å². The van der Waals surface area contributed by atoms with Crippen LogP contribution >= 0.6 is 11.1 Å². The van der Waals surface area contributed by atoms with Gasteiger partial charge in [-0.3, -0.25) is 0 Å². The molecule has 0 nitrogen and oxygen atoms in total. The standard InChI is InChI=1S/C9H7.C5H5.C3H7ClSi.2ClH.Hf/c1-2-5-9-7-3-6-8(9)4-1;1-2-4-5-3-1;1-2-3-5-4;;;/h1-7H;1-5H;2-3H2,1H3;2*1H;/q2*-1;;;;+2/p-2. The SMILES string of the molecule is CCC[Si](Cl)=[Hf+2].[Cl-].[Cl-].c1cc[cH-]c1.c1ccc2[cH-]ccc2c1. The summed E-state index contributed by atoms with van der Waals surface area (Å²) in [7, 11) is 0. The Morgan fingerprint density at radius 2 is 1.64 bits per heavy atom. The third-order valence-electron chi connectivity index (χ3n) is 2.57. The summed E-state index contributed by atoms with van der Waals surface area (Å²) >= 11 is 6.99. The largest absolute Gasteiger partial charge is 1.00 e. The van der Waals surface area contributed by atoms with Gasteiger partial charge < -0.3 is 24.8 Å². The molecular weight excluding hydrogens is 517 g/mol. The van der Waals surface area contributed by atoms with Crippen LogP contribution in [0.4, 0.5) is 0 Å².